The van der Waals surface area contributed by atoms with Crippen molar-refractivity contribution in [2.45, 2.75) is 4.90 Å². The van der Waals surface area contributed by atoms with Gasteiger partial charge in [0.1, 0.15) is 0 Å². The van der Waals surface area contributed by atoms with Gasteiger partial charge in [-0.3, -0.25) is 0 Å². The molecule has 134 valence electrons. The van der Waals surface area contributed by atoms with Crippen LogP contribution in [0.25, 0.3) is 5.69 Å². The highest BCUT2D eigenvalue weighted by atomic mass is 32.2. The summed E-state index contributed by atoms with van der Waals surface area (Å²) in [7, 11) is -3.74. The minimum Gasteiger partial charge on any atom is -0.380 e. The van der Waals surface area contributed by atoms with Crippen LogP contribution in [0.5, 0.6) is 0 Å². The largest absolute Gasteiger partial charge is 0.380 e. The van der Waals surface area contributed by atoms with Crippen molar-refractivity contribution in [1.82, 2.24) is 14.9 Å². The molecule has 0 radical (unpaired) electrons. The summed E-state index contributed by atoms with van der Waals surface area (Å²) < 4.78 is 28.9. The van der Waals surface area contributed by atoms with Gasteiger partial charge in [0.15, 0.2) is 17.3 Å². The van der Waals surface area contributed by atoms with Crippen molar-refractivity contribution in [3.8, 4) is 5.69 Å². The van der Waals surface area contributed by atoms with Gasteiger partial charge in [-0.2, -0.15) is 5.10 Å². The van der Waals surface area contributed by atoms with E-state index in [1.54, 1.807) is 35.0 Å². The third kappa shape index (κ3) is 3.60. The number of nitrogens with two attached hydrogens (primary N) is 3. The number of aromatic nitrogens is 3. The summed E-state index contributed by atoms with van der Waals surface area (Å²) in [5, 5.41) is 19.7. The first-order valence-electron chi connectivity index (χ1n) is 7.12. The van der Waals surface area contributed by atoms with Crippen molar-refractivity contribution in [2.24, 2.45) is 21.1 Å². The Balaban J connectivity index is 1.84. The van der Waals surface area contributed by atoms with Crippen LogP contribution in [0.3, 0.4) is 0 Å². The molecule has 0 amide bonds. The average molecular weight is 374 g/mol. The number of amidine groups is 1. The fourth-order valence-corrected chi connectivity index (χ4v) is 2.62. The number of primary sulfonamides is 1. The number of rotatable bonds is 5. The fraction of sp³-hybridized carbons (Fsp3) is 0. The van der Waals surface area contributed by atoms with Gasteiger partial charge in [-0.05, 0) is 46.7 Å². The maximum absolute atomic E-state index is 11.3. The molecule has 2 heterocycles. The van der Waals surface area contributed by atoms with E-state index in [0.717, 1.165) is 0 Å². The van der Waals surface area contributed by atoms with Crippen molar-refractivity contribution in [2.75, 3.05) is 5.73 Å². The number of nitrogen functional groups attached to an aromatic ring is 1. The third-order valence-corrected chi connectivity index (χ3v) is 4.26. The van der Waals surface area contributed by atoms with Crippen LogP contribution in [-0.4, -0.2) is 35.3 Å². The molecule has 6 N–H and O–H groups in total. The molecule has 0 fully saturated rings. The summed E-state index contributed by atoms with van der Waals surface area (Å²) in [4.78, 5) is 0.0276. The van der Waals surface area contributed by atoms with Crippen LogP contribution in [0, 0.1) is 0 Å². The summed E-state index contributed by atoms with van der Waals surface area (Å²) in [6.45, 7) is 0. The highest BCUT2D eigenvalue weighted by Crippen LogP contribution is 2.15. The van der Waals surface area contributed by atoms with E-state index in [0.29, 0.717) is 11.4 Å². The summed E-state index contributed by atoms with van der Waals surface area (Å²) in [5.41, 5.74) is 12.7. The lowest BCUT2D eigenvalue weighted by molar-refractivity contribution is 0.308. The second-order valence-electron chi connectivity index (χ2n) is 5.07. The lowest BCUT2D eigenvalue weighted by Crippen LogP contribution is -2.15. The summed E-state index contributed by atoms with van der Waals surface area (Å²) in [5.74, 6) is -0.0321. The Kier molecular flexibility index (Phi) is 4.51. The standard InChI is InChI=1S/C14H14N8O3S/c15-13(12-14(16)21-25-20-12)19-18-8-10-2-1-7-22(10)9-3-5-11(6-4-9)26(17,23)24/h1-8H,(H2,15,19)(H2,16,21)(H2,17,23,24)/b18-8-. The highest BCUT2D eigenvalue weighted by molar-refractivity contribution is 7.89. The quantitative estimate of drug-likeness (QED) is 0.315. The van der Waals surface area contributed by atoms with E-state index in [-0.39, 0.29) is 22.2 Å². The highest BCUT2D eigenvalue weighted by Gasteiger charge is 2.10. The predicted molar refractivity (Wildman–Crippen MR) is 94.2 cm³/mol. The van der Waals surface area contributed by atoms with Crippen molar-refractivity contribution < 1.29 is 13.0 Å². The fourth-order valence-electron chi connectivity index (χ4n) is 2.10. The zero-order valence-corrected chi connectivity index (χ0v) is 14.0. The molecule has 0 aliphatic heterocycles. The first-order valence-corrected chi connectivity index (χ1v) is 8.66. The van der Waals surface area contributed by atoms with E-state index >= 15 is 0 Å². The van der Waals surface area contributed by atoms with Crippen molar-refractivity contribution >= 4 is 27.9 Å². The maximum Gasteiger partial charge on any atom is 0.238 e. The first kappa shape index (κ1) is 17.3. The Morgan fingerprint density at radius 2 is 1.92 bits per heavy atom. The van der Waals surface area contributed by atoms with Crippen LogP contribution in [0.1, 0.15) is 11.4 Å². The molecule has 12 heteroatoms. The number of hydrogen-bond donors (Lipinski definition) is 3. The molecule has 3 aromatic rings. The van der Waals surface area contributed by atoms with Crippen molar-refractivity contribution in [1.29, 1.82) is 0 Å². The van der Waals surface area contributed by atoms with Gasteiger partial charge in [0.2, 0.25) is 10.0 Å². The Hall–Kier alpha value is -3.51. The van der Waals surface area contributed by atoms with E-state index in [9.17, 15) is 8.42 Å². The van der Waals surface area contributed by atoms with Crippen LogP contribution in [0.15, 0.2) is 62.3 Å². The topological polar surface area (TPSA) is 181 Å². The van der Waals surface area contributed by atoms with E-state index in [1.165, 1.54) is 18.3 Å². The SMILES string of the molecule is N/C(=N/N=C\c1cccn1-c1ccc(S(N)(=O)=O)cc1)c1nonc1N. The van der Waals surface area contributed by atoms with E-state index in [1.807, 2.05) is 0 Å². The minimum absolute atomic E-state index is 0.0137. The molecule has 11 nitrogen and oxygen atoms in total. The second kappa shape index (κ2) is 6.78. The maximum atomic E-state index is 11.3. The van der Waals surface area contributed by atoms with Gasteiger partial charge in [-0.1, -0.05) is 0 Å². The number of sulfonamides is 1. The van der Waals surface area contributed by atoms with Gasteiger partial charge in [0.25, 0.3) is 0 Å². The van der Waals surface area contributed by atoms with Crippen LogP contribution >= 0.6 is 0 Å². The average Bonchev–Trinajstić information content (AvgIpc) is 3.23. The molecule has 0 atom stereocenters. The molecule has 0 aliphatic rings. The van der Waals surface area contributed by atoms with Crippen molar-refractivity contribution in [3.05, 3.63) is 54.0 Å². The summed E-state index contributed by atoms with van der Waals surface area (Å²) in [6.07, 6.45) is 3.24. The summed E-state index contributed by atoms with van der Waals surface area (Å²) >= 11 is 0. The van der Waals surface area contributed by atoms with Gasteiger partial charge >= 0.3 is 0 Å². The molecule has 2 aromatic heterocycles. The Morgan fingerprint density at radius 3 is 2.54 bits per heavy atom. The number of benzene rings is 1. The molecule has 3 rings (SSSR count). The zero-order chi connectivity index (χ0) is 18.7. The first-order chi connectivity index (χ1) is 12.4. The van der Waals surface area contributed by atoms with Crippen LogP contribution in [0.4, 0.5) is 5.82 Å². The Bertz CT molecular complexity index is 1080. The molecule has 0 unspecified atom stereocenters. The van der Waals surface area contributed by atoms with Crippen molar-refractivity contribution in [3.63, 3.8) is 0 Å². The molecule has 0 spiro atoms. The molecule has 0 bridgehead atoms. The van der Waals surface area contributed by atoms with Crippen LogP contribution in [0.2, 0.25) is 0 Å². The Morgan fingerprint density at radius 1 is 1.19 bits per heavy atom. The number of anilines is 1. The summed E-state index contributed by atoms with van der Waals surface area (Å²) in [6, 6.07) is 9.66. The van der Waals surface area contributed by atoms with Gasteiger partial charge in [0, 0.05) is 11.9 Å². The Labute approximate surface area is 147 Å². The van der Waals surface area contributed by atoms with Gasteiger partial charge < -0.3 is 16.0 Å². The van der Waals surface area contributed by atoms with Crippen LogP contribution in [-0.2, 0) is 10.0 Å². The second-order valence-corrected chi connectivity index (χ2v) is 6.63. The lowest BCUT2D eigenvalue weighted by Gasteiger charge is -2.06. The number of hydrogen-bond acceptors (Lipinski definition) is 8. The van der Waals surface area contributed by atoms with Gasteiger partial charge in [0.05, 0.1) is 16.8 Å². The molecule has 0 saturated carbocycles. The molecule has 1 aromatic carbocycles. The normalized spacial score (nSPS) is 12.7. The molecule has 26 heavy (non-hydrogen) atoms. The van der Waals surface area contributed by atoms with E-state index in [4.69, 9.17) is 16.6 Å². The molecular weight excluding hydrogens is 360 g/mol. The monoisotopic (exact) mass is 374 g/mol. The number of nitrogens with zero attached hydrogens (tertiary/aromatic N) is 5. The van der Waals surface area contributed by atoms with Crippen LogP contribution < -0.4 is 16.6 Å². The molecule has 0 saturated heterocycles. The van der Waals surface area contributed by atoms with E-state index < -0.39 is 10.0 Å². The van der Waals surface area contributed by atoms with Gasteiger partial charge in [-0.25, -0.2) is 18.2 Å². The lowest BCUT2D eigenvalue weighted by atomic mass is 10.3. The zero-order valence-electron chi connectivity index (χ0n) is 13.2. The van der Waals surface area contributed by atoms with Gasteiger partial charge in [-0.15, -0.1) is 5.10 Å². The smallest absolute Gasteiger partial charge is 0.238 e. The molecule has 0 aliphatic carbocycles. The predicted octanol–water partition coefficient (Wildman–Crippen LogP) is -0.171. The molecular formula is C14H14N8O3S. The third-order valence-electron chi connectivity index (χ3n) is 3.34. The van der Waals surface area contributed by atoms with E-state index in [2.05, 4.69) is 25.1 Å². The minimum atomic E-state index is -3.74.